The average Bonchev–Trinajstić information content (AvgIpc) is 2.65. The van der Waals surface area contributed by atoms with E-state index in [2.05, 4.69) is 9.72 Å². The van der Waals surface area contributed by atoms with Crippen LogP contribution in [0.1, 0.15) is 35.2 Å². The summed E-state index contributed by atoms with van der Waals surface area (Å²) in [5.41, 5.74) is 5.27. The van der Waals surface area contributed by atoms with Gasteiger partial charge in [0.1, 0.15) is 5.56 Å². The maximum Gasteiger partial charge on any atom is 0.351 e. The molecule has 10 heteroatoms. The number of carbonyl (C=O) groups is 1. The van der Waals surface area contributed by atoms with E-state index in [1.54, 1.807) is 12.1 Å². The molecular weight excluding hydrogens is 423 g/mol. The number of halogens is 5. The van der Waals surface area contributed by atoms with Crippen molar-refractivity contribution in [2.45, 2.75) is 24.7 Å². The first-order chi connectivity index (χ1) is 14.6. The van der Waals surface area contributed by atoms with Gasteiger partial charge in [-0.15, -0.1) is 0 Å². The van der Waals surface area contributed by atoms with Gasteiger partial charge in [-0.2, -0.15) is 8.78 Å². The summed E-state index contributed by atoms with van der Waals surface area (Å²) in [5, 5.41) is 0.277. The molecule has 0 radical (unpaired) electrons. The Balaban J connectivity index is 1.55. The van der Waals surface area contributed by atoms with Crippen molar-refractivity contribution in [3.8, 4) is 5.75 Å². The van der Waals surface area contributed by atoms with Crippen LogP contribution in [0.15, 0.2) is 23.0 Å². The van der Waals surface area contributed by atoms with Crippen molar-refractivity contribution in [3.05, 3.63) is 68.8 Å². The molecule has 2 aromatic carbocycles. The fraction of sp³-hybridized carbons (Fsp3) is 0.238. The number of hydrogen-bond acceptors (Lipinski definition) is 4. The zero-order valence-corrected chi connectivity index (χ0v) is 15.6. The van der Waals surface area contributed by atoms with Crippen molar-refractivity contribution < 1.29 is 31.5 Å². The van der Waals surface area contributed by atoms with Gasteiger partial charge in [0.2, 0.25) is 34.8 Å². The number of benzene rings is 2. The van der Waals surface area contributed by atoms with Crippen LogP contribution in [-0.2, 0) is 5.41 Å². The molecule has 2 bridgehead atoms. The smallest absolute Gasteiger partial charge is 0.351 e. The fourth-order valence-electron chi connectivity index (χ4n) is 4.51. The van der Waals surface area contributed by atoms with E-state index in [9.17, 15) is 31.5 Å². The number of H-pyrrole nitrogens is 1. The molecule has 31 heavy (non-hydrogen) atoms. The Morgan fingerprint density at radius 2 is 1.58 bits per heavy atom. The Labute approximate surface area is 170 Å². The Morgan fingerprint density at radius 3 is 2.13 bits per heavy atom. The number of nitrogen functional groups attached to an aromatic ring is 1. The van der Waals surface area contributed by atoms with E-state index in [1.165, 1.54) is 0 Å². The second-order valence-corrected chi connectivity index (χ2v) is 8.05. The van der Waals surface area contributed by atoms with Crippen LogP contribution in [0.4, 0.5) is 27.6 Å². The first kappa shape index (κ1) is 19.5. The van der Waals surface area contributed by atoms with E-state index >= 15 is 0 Å². The zero-order valence-electron chi connectivity index (χ0n) is 15.6. The number of aromatic nitrogens is 1. The lowest BCUT2D eigenvalue weighted by atomic mass is 9.42. The normalized spacial score (nSPS) is 21.5. The van der Waals surface area contributed by atoms with Gasteiger partial charge >= 0.3 is 5.97 Å². The van der Waals surface area contributed by atoms with Crippen LogP contribution in [0.5, 0.6) is 5.75 Å². The van der Waals surface area contributed by atoms with Crippen LogP contribution in [-0.4, -0.2) is 11.0 Å². The highest BCUT2D eigenvalue weighted by Crippen LogP contribution is 2.65. The molecule has 1 aromatic heterocycles. The van der Waals surface area contributed by atoms with E-state index in [0.717, 1.165) is 30.7 Å². The van der Waals surface area contributed by atoms with Gasteiger partial charge in [-0.25, -0.2) is 18.0 Å². The lowest BCUT2D eigenvalue weighted by molar-refractivity contribution is -0.0273. The molecule has 3 aliphatic carbocycles. The third kappa shape index (κ3) is 2.60. The number of nitrogens with one attached hydrogen (secondary N) is 1. The Morgan fingerprint density at radius 1 is 1.00 bits per heavy atom. The van der Waals surface area contributed by atoms with Crippen LogP contribution in [0.3, 0.4) is 0 Å². The number of pyridine rings is 1. The van der Waals surface area contributed by atoms with Crippen LogP contribution in [0.25, 0.3) is 10.9 Å². The molecule has 0 aliphatic heterocycles. The molecule has 0 spiro atoms. The number of esters is 1. The second-order valence-electron chi connectivity index (χ2n) is 8.05. The summed E-state index contributed by atoms with van der Waals surface area (Å²) in [4.78, 5) is 27.3. The van der Waals surface area contributed by atoms with E-state index in [4.69, 9.17) is 5.73 Å². The molecule has 6 rings (SSSR count). The monoisotopic (exact) mass is 436 g/mol. The predicted molar refractivity (Wildman–Crippen MR) is 99.2 cm³/mol. The summed E-state index contributed by atoms with van der Waals surface area (Å²) in [6.07, 6.45) is 3.22. The topological polar surface area (TPSA) is 85.2 Å². The van der Waals surface area contributed by atoms with Gasteiger partial charge in [0, 0.05) is 5.39 Å². The fourth-order valence-corrected chi connectivity index (χ4v) is 4.51. The molecule has 3 aliphatic rings. The number of fused-ring (bicyclic) bond motifs is 1. The minimum atomic E-state index is -2.41. The second kappa shape index (κ2) is 6.29. The van der Waals surface area contributed by atoms with Gasteiger partial charge in [0.15, 0.2) is 0 Å². The van der Waals surface area contributed by atoms with E-state index in [1.807, 2.05) is 6.07 Å². The van der Waals surface area contributed by atoms with Gasteiger partial charge in [-0.3, -0.25) is 4.79 Å². The number of ether oxygens (including phenoxy) is 1. The molecule has 0 amide bonds. The lowest BCUT2D eigenvalue weighted by Gasteiger charge is -2.62. The summed E-state index contributed by atoms with van der Waals surface area (Å²) in [6, 6.07) is 5.19. The molecule has 0 unspecified atom stereocenters. The maximum absolute atomic E-state index is 13.8. The van der Waals surface area contributed by atoms with E-state index < -0.39 is 51.9 Å². The van der Waals surface area contributed by atoms with Crippen molar-refractivity contribution >= 4 is 22.6 Å². The lowest BCUT2D eigenvalue weighted by Crippen LogP contribution is -2.55. The van der Waals surface area contributed by atoms with E-state index in [0.29, 0.717) is 5.52 Å². The van der Waals surface area contributed by atoms with Crippen molar-refractivity contribution in [2.75, 3.05) is 5.73 Å². The molecule has 160 valence electrons. The van der Waals surface area contributed by atoms with Gasteiger partial charge < -0.3 is 15.5 Å². The molecule has 3 saturated carbocycles. The average molecular weight is 436 g/mol. The molecule has 1 heterocycles. The highest BCUT2D eigenvalue weighted by atomic mass is 19.2. The molecule has 0 saturated heterocycles. The largest absolute Gasteiger partial charge is 0.416 e. The SMILES string of the molecule is Nc1c(C(=O)Oc2c(F)c(F)c(F)c(F)c2F)c(=O)[nH]c2cc(C34CC(C3)C4)ccc12. The third-order valence-electron chi connectivity index (χ3n) is 6.27. The summed E-state index contributed by atoms with van der Waals surface area (Å²) >= 11 is 0. The molecule has 5 nitrogen and oxygen atoms in total. The molecule has 3 N–H and O–H groups in total. The first-order valence-electron chi connectivity index (χ1n) is 9.32. The van der Waals surface area contributed by atoms with Crippen molar-refractivity contribution in [2.24, 2.45) is 5.92 Å². The number of nitrogens with two attached hydrogens (primary N) is 1. The number of anilines is 1. The van der Waals surface area contributed by atoms with Crippen LogP contribution < -0.4 is 16.0 Å². The standard InChI is InChI=1S/C21H13F5N2O3/c22-12-13(23)15(25)18(16(26)14(12)24)31-20(30)11-17(27)9-2-1-8(3-10(9)28-19(11)29)21-4-7(5-21)6-21/h1-3,7H,4-6H2,(H3,27,28,29). The van der Waals surface area contributed by atoms with Crippen molar-refractivity contribution in [1.82, 2.24) is 4.98 Å². The third-order valence-corrected chi connectivity index (χ3v) is 6.27. The van der Waals surface area contributed by atoms with Crippen LogP contribution >= 0.6 is 0 Å². The minimum absolute atomic E-state index is 0.105. The predicted octanol–water partition coefficient (Wildman–Crippen LogP) is 4.08. The highest BCUT2D eigenvalue weighted by molar-refractivity contribution is 6.04. The van der Waals surface area contributed by atoms with Crippen molar-refractivity contribution in [3.63, 3.8) is 0 Å². The molecular formula is C21H13F5N2O3. The quantitative estimate of drug-likeness (QED) is 0.213. The zero-order chi connectivity index (χ0) is 22.2. The summed E-state index contributed by atoms with van der Waals surface area (Å²) < 4.78 is 71.9. The first-order valence-corrected chi connectivity index (χ1v) is 9.32. The van der Waals surface area contributed by atoms with Gasteiger partial charge in [0.25, 0.3) is 5.56 Å². The van der Waals surface area contributed by atoms with Gasteiger partial charge in [-0.1, -0.05) is 12.1 Å². The van der Waals surface area contributed by atoms with Gasteiger partial charge in [-0.05, 0) is 42.2 Å². The van der Waals surface area contributed by atoms with Crippen LogP contribution in [0.2, 0.25) is 0 Å². The summed E-state index contributed by atoms with van der Waals surface area (Å²) in [7, 11) is 0. The summed E-state index contributed by atoms with van der Waals surface area (Å²) in [6.45, 7) is 0. The summed E-state index contributed by atoms with van der Waals surface area (Å²) in [5.74, 6) is -14.4. The van der Waals surface area contributed by atoms with Crippen LogP contribution in [0, 0.1) is 35.0 Å². The highest BCUT2D eigenvalue weighted by Gasteiger charge is 2.57. The molecule has 3 aromatic rings. The maximum atomic E-state index is 13.8. The molecule has 3 fully saturated rings. The van der Waals surface area contributed by atoms with Crippen molar-refractivity contribution in [1.29, 1.82) is 0 Å². The van der Waals surface area contributed by atoms with E-state index in [-0.39, 0.29) is 16.5 Å². The number of carbonyl (C=O) groups excluding carboxylic acids is 1. The number of hydrogen-bond donors (Lipinski definition) is 2. The minimum Gasteiger partial charge on any atom is -0.416 e. The Kier molecular flexibility index (Phi) is 3.96. The molecule has 0 atom stereocenters. The Bertz CT molecular complexity index is 1320. The number of aromatic amines is 1. The Hall–Kier alpha value is -3.43. The number of rotatable bonds is 3. The van der Waals surface area contributed by atoms with Gasteiger partial charge in [0.05, 0.1) is 11.2 Å².